The van der Waals surface area contributed by atoms with E-state index < -0.39 is 29.9 Å². The van der Waals surface area contributed by atoms with Crippen LogP contribution in [0.15, 0.2) is 41.8 Å². The quantitative estimate of drug-likeness (QED) is 0.354. The van der Waals surface area contributed by atoms with Crippen LogP contribution in [0.1, 0.15) is 45.1 Å². The summed E-state index contributed by atoms with van der Waals surface area (Å²) < 4.78 is 0. The highest BCUT2D eigenvalue weighted by Gasteiger charge is 2.26. The van der Waals surface area contributed by atoms with Crippen molar-refractivity contribution < 1.29 is 24.3 Å². The molecule has 3 amide bonds. The molecule has 9 heteroatoms. The molecule has 1 aromatic heterocycles. The number of nitrogens with one attached hydrogen (secondary N) is 2. The summed E-state index contributed by atoms with van der Waals surface area (Å²) in [5, 5.41) is 16.2. The zero-order valence-electron chi connectivity index (χ0n) is 18.9. The molecule has 2 aromatic rings. The Morgan fingerprint density at radius 2 is 1.70 bits per heavy atom. The fourth-order valence-corrected chi connectivity index (χ4v) is 4.06. The van der Waals surface area contributed by atoms with E-state index in [2.05, 4.69) is 10.6 Å². The Morgan fingerprint density at radius 3 is 2.24 bits per heavy atom. The van der Waals surface area contributed by atoms with Gasteiger partial charge in [-0.05, 0) is 47.8 Å². The number of amides is 3. The highest BCUT2D eigenvalue weighted by molar-refractivity contribution is 7.13. The first-order valence-electron chi connectivity index (χ1n) is 10.9. The van der Waals surface area contributed by atoms with Gasteiger partial charge in [-0.15, -0.1) is 11.3 Å². The molecule has 8 nitrogen and oxygen atoms in total. The molecule has 0 fully saturated rings. The van der Waals surface area contributed by atoms with E-state index in [9.17, 15) is 19.2 Å². The smallest absolute Gasteiger partial charge is 0.303 e. The van der Waals surface area contributed by atoms with Crippen LogP contribution in [-0.4, -0.2) is 40.9 Å². The number of carboxylic acid groups (broad SMARTS) is 1. The van der Waals surface area contributed by atoms with Gasteiger partial charge < -0.3 is 21.5 Å². The number of primary amides is 1. The van der Waals surface area contributed by atoms with Crippen LogP contribution in [0.25, 0.3) is 10.4 Å². The molecule has 2 rings (SSSR count). The minimum Gasteiger partial charge on any atom is -0.481 e. The van der Waals surface area contributed by atoms with Gasteiger partial charge in [-0.3, -0.25) is 19.2 Å². The van der Waals surface area contributed by atoms with Gasteiger partial charge >= 0.3 is 5.97 Å². The minimum absolute atomic E-state index is 0.0877. The van der Waals surface area contributed by atoms with Gasteiger partial charge in [0.05, 0.1) is 0 Å². The summed E-state index contributed by atoms with van der Waals surface area (Å²) in [6.45, 7) is 3.78. The Balaban J connectivity index is 1.95. The molecular formula is C24H31N3O5S. The van der Waals surface area contributed by atoms with E-state index in [1.165, 1.54) is 4.88 Å². The van der Waals surface area contributed by atoms with Crippen LogP contribution < -0.4 is 16.4 Å². The number of benzene rings is 1. The molecule has 1 aromatic carbocycles. The maximum absolute atomic E-state index is 12.7. The summed E-state index contributed by atoms with van der Waals surface area (Å²) in [7, 11) is 0. The van der Waals surface area contributed by atoms with Gasteiger partial charge in [0, 0.05) is 17.7 Å². The second-order valence-corrected chi connectivity index (χ2v) is 9.27. The van der Waals surface area contributed by atoms with Gasteiger partial charge in [-0.25, -0.2) is 0 Å². The average molecular weight is 474 g/mol. The van der Waals surface area contributed by atoms with Gasteiger partial charge in [0.25, 0.3) is 0 Å². The number of rotatable bonds is 13. The number of hydrogen-bond acceptors (Lipinski definition) is 5. The Bertz CT molecular complexity index is 942. The standard InChI is InChI=1S/C24H31N3O5S/c1-15(2)14-19(23(25)31)27-24(32)18(10-12-22(29)30)26-21(28)11-7-16-5-8-17(9-6-16)20-4-3-13-33-20/h3-6,8-9,13,15,18-19H,7,10-12,14H2,1-2H3,(H2,25,31)(H,26,28)(H,27,32)(H,29,30). The van der Waals surface area contributed by atoms with Gasteiger partial charge in [0.15, 0.2) is 0 Å². The summed E-state index contributed by atoms with van der Waals surface area (Å²) >= 11 is 1.65. The van der Waals surface area contributed by atoms with Crippen molar-refractivity contribution in [1.82, 2.24) is 10.6 Å². The minimum atomic E-state index is -1.08. The van der Waals surface area contributed by atoms with E-state index in [1.807, 2.05) is 55.6 Å². The molecule has 5 N–H and O–H groups in total. The number of carbonyl (C=O) groups is 4. The predicted molar refractivity (Wildman–Crippen MR) is 127 cm³/mol. The van der Waals surface area contributed by atoms with Crippen LogP contribution in [0.2, 0.25) is 0 Å². The van der Waals surface area contributed by atoms with Crippen LogP contribution in [0.4, 0.5) is 0 Å². The largest absolute Gasteiger partial charge is 0.481 e. The Kier molecular flexibility index (Phi) is 10.1. The summed E-state index contributed by atoms with van der Waals surface area (Å²) in [6.07, 6.45) is 0.577. The molecule has 0 radical (unpaired) electrons. The number of nitrogens with two attached hydrogens (primary N) is 1. The molecule has 0 aliphatic heterocycles. The molecule has 0 saturated carbocycles. The molecular weight excluding hydrogens is 442 g/mol. The molecule has 33 heavy (non-hydrogen) atoms. The zero-order valence-corrected chi connectivity index (χ0v) is 19.7. The fourth-order valence-electron chi connectivity index (χ4n) is 3.33. The summed E-state index contributed by atoms with van der Waals surface area (Å²) in [5.74, 6) is -2.63. The van der Waals surface area contributed by atoms with E-state index in [-0.39, 0.29) is 31.1 Å². The lowest BCUT2D eigenvalue weighted by Gasteiger charge is -2.22. The highest BCUT2D eigenvalue weighted by atomic mass is 32.1. The molecule has 2 unspecified atom stereocenters. The SMILES string of the molecule is CC(C)CC(NC(=O)C(CCC(=O)O)NC(=O)CCc1ccc(-c2cccs2)cc1)C(N)=O. The van der Waals surface area contributed by atoms with E-state index >= 15 is 0 Å². The summed E-state index contributed by atoms with van der Waals surface area (Å²) in [4.78, 5) is 49.0. The van der Waals surface area contributed by atoms with Crippen molar-refractivity contribution in [2.75, 3.05) is 0 Å². The molecule has 0 bridgehead atoms. The van der Waals surface area contributed by atoms with Gasteiger partial charge in [0.2, 0.25) is 17.7 Å². The van der Waals surface area contributed by atoms with Gasteiger partial charge in [-0.1, -0.05) is 44.2 Å². The lowest BCUT2D eigenvalue weighted by Crippen LogP contribution is -2.53. The fraction of sp³-hybridized carbons (Fsp3) is 0.417. The van der Waals surface area contributed by atoms with Crippen LogP contribution >= 0.6 is 11.3 Å². The van der Waals surface area contributed by atoms with E-state index in [0.29, 0.717) is 12.8 Å². The zero-order chi connectivity index (χ0) is 24.4. The number of carboxylic acids is 1. The number of aryl methyl sites for hydroxylation is 1. The van der Waals surface area contributed by atoms with Gasteiger partial charge in [0.1, 0.15) is 12.1 Å². The van der Waals surface area contributed by atoms with E-state index in [4.69, 9.17) is 10.8 Å². The van der Waals surface area contributed by atoms with Gasteiger partial charge in [-0.2, -0.15) is 0 Å². The number of carbonyl (C=O) groups excluding carboxylic acids is 3. The lowest BCUT2D eigenvalue weighted by atomic mass is 10.0. The normalized spacial score (nSPS) is 12.7. The Labute approximate surface area is 197 Å². The maximum Gasteiger partial charge on any atom is 0.303 e. The predicted octanol–water partition coefficient (Wildman–Crippen LogP) is 2.71. The molecule has 0 aliphatic rings. The number of thiophene rings is 1. The third kappa shape index (κ3) is 9.05. The monoisotopic (exact) mass is 473 g/mol. The molecule has 2 atom stereocenters. The topological polar surface area (TPSA) is 139 Å². The summed E-state index contributed by atoms with van der Waals surface area (Å²) in [5.41, 5.74) is 7.46. The van der Waals surface area contributed by atoms with Crippen molar-refractivity contribution in [1.29, 1.82) is 0 Å². The highest BCUT2D eigenvalue weighted by Crippen LogP contribution is 2.24. The van der Waals surface area contributed by atoms with Crippen LogP contribution in [0, 0.1) is 5.92 Å². The second kappa shape index (κ2) is 12.7. The van der Waals surface area contributed by atoms with Crippen molar-refractivity contribution in [3.63, 3.8) is 0 Å². The Morgan fingerprint density at radius 1 is 1.00 bits per heavy atom. The lowest BCUT2D eigenvalue weighted by molar-refractivity contribution is -0.138. The van der Waals surface area contributed by atoms with Crippen LogP contribution in [0.5, 0.6) is 0 Å². The van der Waals surface area contributed by atoms with E-state index in [1.54, 1.807) is 11.3 Å². The third-order valence-electron chi connectivity index (χ3n) is 5.07. The molecule has 0 spiro atoms. The van der Waals surface area contributed by atoms with Crippen molar-refractivity contribution in [3.8, 4) is 10.4 Å². The first-order valence-corrected chi connectivity index (χ1v) is 11.8. The Hall–Kier alpha value is -3.20. The number of aliphatic carboxylic acids is 1. The van der Waals surface area contributed by atoms with Crippen molar-refractivity contribution in [2.24, 2.45) is 11.7 Å². The first kappa shape index (κ1) is 26.1. The molecule has 0 saturated heterocycles. The third-order valence-corrected chi connectivity index (χ3v) is 5.98. The number of hydrogen-bond donors (Lipinski definition) is 4. The van der Waals surface area contributed by atoms with Crippen LogP contribution in [0.3, 0.4) is 0 Å². The van der Waals surface area contributed by atoms with Crippen molar-refractivity contribution in [3.05, 3.63) is 47.3 Å². The molecule has 1 heterocycles. The first-order chi connectivity index (χ1) is 15.7. The molecule has 0 aliphatic carbocycles. The van der Waals surface area contributed by atoms with Crippen molar-refractivity contribution in [2.45, 2.75) is 58.0 Å². The van der Waals surface area contributed by atoms with Crippen LogP contribution in [-0.2, 0) is 25.6 Å². The second-order valence-electron chi connectivity index (χ2n) is 8.32. The molecule has 178 valence electrons. The average Bonchev–Trinajstić information content (AvgIpc) is 3.29. The summed E-state index contributed by atoms with van der Waals surface area (Å²) in [6, 6.07) is 10.00. The van der Waals surface area contributed by atoms with E-state index in [0.717, 1.165) is 11.1 Å². The maximum atomic E-state index is 12.7. The van der Waals surface area contributed by atoms with Crippen molar-refractivity contribution >= 4 is 35.0 Å².